The molecule has 38 heavy (non-hydrogen) atoms. The van der Waals surface area contributed by atoms with E-state index < -0.39 is 27.3 Å². The van der Waals surface area contributed by atoms with Gasteiger partial charge in [0.1, 0.15) is 5.75 Å². The quantitative estimate of drug-likeness (QED) is 0.254. The second kappa shape index (κ2) is 9.35. The summed E-state index contributed by atoms with van der Waals surface area (Å²) in [5, 5.41) is 13.8. The first-order chi connectivity index (χ1) is 18.1. The SMILES string of the molecule is Cc1ccc(S(=O)(=O)Nc2ccc(O)c([C@@]3(C(=O)Nc4ccccc4)C(=O)N(C)c4ccccc43)c2)cc1. The van der Waals surface area contributed by atoms with Gasteiger partial charge in [-0.3, -0.25) is 14.3 Å². The molecule has 0 bridgehead atoms. The maximum atomic E-state index is 14.0. The summed E-state index contributed by atoms with van der Waals surface area (Å²) in [5.41, 5.74) is 0.316. The standard InChI is InChI=1S/C29H25N3O5S/c1-19-12-15-22(16-13-19)38(36,37)31-21-14-17-26(33)24(18-21)29(27(34)30-20-8-4-3-5-9-20)23-10-6-7-11-25(23)32(2)28(29)35/h3-18,31,33H,1-2H3,(H,30,34)/t29-/m0/s1. The van der Waals surface area contributed by atoms with Crippen molar-refractivity contribution in [1.82, 2.24) is 0 Å². The van der Waals surface area contributed by atoms with Crippen molar-refractivity contribution in [1.29, 1.82) is 0 Å². The zero-order valence-corrected chi connectivity index (χ0v) is 21.5. The zero-order chi connectivity index (χ0) is 27.1. The maximum Gasteiger partial charge on any atom is 0.261 e. The molecule has 4 aromatic rings. The largest absolute Gasteiger partial charge is 0.508 e. The number of nitrogens with zero attached hydrogens (tertiary/aromatic N) is 1. The lowest BCUT2D eigenvalue weighted by Crippen LogP contribution is -2.49. The Bertz CT molecular complexity index is 1650. The van der Waals surface area contributed by atoms with E-state index in [2.05, 4.69) is 10.0 Å². The number of fused-ring (bicyclic) bond motifs is 1. The van der Waals surface area contributed by atoms with E-state index in [-0.39, 0.29) is 21.9 Å². The third-order valence-electron chi connectivity index (χ3n) is 6.65. The van der Waals surface area contributed by atoms with E-state index in [0.717, 1.165) is 5.56 Å². The van der Waals surface area contributed by atoms with Crippen molar-refractivity contribution in [3.05, 3.63) is 114 Å². The van der Waals surface area contributed by atoms with Crippen molar-refractivity contribution in [2.24, 2.45) is 0 Å². The van der Waals surface area contributed by atoms with Crippen molar-refractivity contribution >= 4 is 38.9 Å². The number of carbonyl (C=O) groups is 2. The van der Waals surface area contributed by atoms with Crippen LogP contribution in [0.4, 0.5) is 17.1 Å². The number of benzene rings is 4. The highest BCUT2D eigenvalue weighted by atomic mass is 32.2. The number of aromatic hydroxyl groups is 1. The maximum absolute atomic E-state index is 14.0. The molecular weight excluding hydrogens is 502 g/mol. The summed E-state index contributed by atoms with van der Waals surface area (Å²) in [6.07, 6.45) is 0. The van der Waals surface area contributed by atoms with E-state index in [1.54, 1.807) is 73.8 Å². The molecule has 3 N–H and O–H groups in total. The number of rotatable bonds is 6. The Morgan fingerprint density at radius 1 is 0.842 bits per heavy atom. The lowest BCUT2D eigenvalue weighted by molar-refractivity contribution is -0.130. The monoisotopic (exact) mass is 527 g/mol. The molecule has 5 rings (SSSR count). The lowest BCUT2D eigenvalue weighted by Gasteiger charge is -2.29. The minimum Gasteiger partial charge on any atom is -0.508 e. The average Bonchev–Trinajstić information content (AvgIpc) is 3.13. The van der Waals surface area contributed by atoms with Crippen molar-refractivity contribution in [2.45, 2.75) is 17.2 Å². The summed E-state index contributed by atoms with van der Waals surface area (Å²) in [7, 11) is -2.43. The smallest absolute Gasteiger partial charge is 0.261 e. The molecule has 0 unspecified atom stereocenters. The number of sulfonamides is 1. The van der Waals surface area contributed by atoms with Gasteiger partial charge < -0.3 is 15.3 Å². The highest BCUT2D eigenvalue weighted by Crippen LogP contribution is 2.49. The highest BCUT2D eigenvalue weighted by molar-refractivity contribution is 7.92. The van der Waals surface area contributed by atoms with Gasteiger partial charge in [-0.25, -0.2) is 8.42 Å². The number of hydrogen-bond acceptors (Lipinski definition) is 5. The minimum absolute atomic E-state index is 0.0446. The Labute approximate surface area is 220 Å². The van der Waals surface area contributed by atoms with Crippen LogP contribution in [0, 0.1) is 6.92 Å². The van der Waals surface area contributed by atoms with Gasteiger partial charge in [0.15, 0.2) is 5.41 Å². The van der Waals surface area contributed by atoms with Gasteiger partial charge in [-0.05, 0) is 55.5 Å². The molecule has 1 atom stereocenters. The van der Waals surface area contributed by atoms with Gasteiger partial charge in [0.25, 0.3) is 15.9 Å². The van der Waals surface area contributed by atoms with Crippen LogP contribution in [-0.4, -0.2) is 32.4 Å². The molecule has 0 saturated heterocycles. The number of likely N-dealkylation sites (N-methyl/N-ethyl adjacent to an activating group) is 1. The molecule has 192 valence electrons. The van der Waals surface area contributed by atoms with Crippen LogP contribution < -0.4 is 14.9 Å². The van der Waals surface area contributed by atoms with E-state index in [9.17, 15) is 23.1 Å². The molecule has 1 aliphatic heterocycles. The third kappa shape index (κ3) is 4.06. The van der Waals surface area contributed by atoms with Gasteiger partial charge >= 0.3 is 0 Å². The highest BCUT2D eigenvalue weighted by Gasteiger charge is 2.58. The molecule has 0 saturated carbocycles. The molecule has 9 heteroatoms. The molecule has 1 aliphatic rings. The Hall–Kier alpha value is -4.63. The number of anilines is 3. The van der Waals surface area contributed by atoms with Gasteiger partial charge in [0, 0.05) is 35.2 Å². The first-order valence-corrected chi connectivity index (χ1v) is 13.3. The molecule has 8 nitrogen and oxygen atoms in total. The van der Waals surface area contributed by atoms with Gasteiger partial charge in [-0.2, -0.15) is 0 Å². The van der Waals surface area contributed by atoms with Crippen LogP contribution >= 0.6 is 0 Å². The molecule has 0 spiro atoms. The Balaban J connectivity index is 1.66. The van der Waals surface area contributed by atoms with Gasteiger partial charge in [0.2, 0.25) is 5.91 Å². The summed E-state index contributed by atoms with van der Waals surface area (Å²) in [6.45, 7) is 1.85. The zero-order valence-electron chi connectivity index (χ0n) is 20.7. The van der Waals surface area contributed by atoms with Crippen LogP contribution in [0.1, 0.15) is 16.7 Å². The molecule has 2 amide bonds. The number of nitrogens with one attached hydrogen (secondary N) is 2. The van der Waals surface area contributed by atoms with Crippen LogP contribution in [0.2, 0.25) is 0 Å². The minimum atomic E-state index is -3.98. The van der Waals surface area contributed by atoms with Crippen molar-refractivity contribution < 1.29 is 23.1 Å². The average molecular weight is 528 g/mol. The van der Waals surface area contributed by atoms with E-state index in [1.165, 1.54) is 35.2 Å². The molecule has 0 aliphatic carbocycles. The predicted molar refractivity (Wildman–Crippen MR) is 146 cm³/mol. The predicted octanol–water partition coefficient (Wildman–Crippen LogP) is 4.40. The summed E-state index contributed by atoms with van der Waals surface area (Å²) in [6, 6.07) is 25.8. The van der Waals surface area contributed by atoms with E-state index >= 15 is 0 Å². The summed E-state index contributed by atoms with van der Waals surface area (Å²) in [5.74, 6) is -1.59. The Kier molecular flexibility index (Phi) is 6.16. The first kappa shape index (κ1) is 25.0. The molecule has 0 fully saturated rings. The fourth-order valence-corrected chi connectivity index (χ4v) is 5.79. The number of phenolic OH excluding ortho intramolecular Hbond substituents is 1. The number of amides is 2. The summed E-state index contributed by atoms with van der Waals surface area (Å²) < 4.78 is 28.6. The van der Waals surface area contributed by atoms with Crippen molar-refractivity contribution in [3.63, 3.8) is 0 Å². The second-order valence-electron chi connectivity index (χ2n) is 9.10. The van der Waals surface area contributed by atoms with Crippen LogP contribution in [0.25, 0.3) is 0 Å². The Morgan fingerprint density at radius 3 is 2.21 bits per heavy atom. The number of aryl methyl sites for hydroxylation is 1. The summed E-state index contributed by atoms with van der Waals surface area (Å²) >= 11 is 0. The fourth-order valence-electron chi connectivity index (χ4n) is 4.74. The molecular formula is C29H25N3O5S. The first-order valence-electron chi connectivity index (χ1n) is 11.8. The van der Waals surface area contributed by atoms with Crippen molar-refractivity contribution in [2.75, 3.05) is 22.0 Å². The van der Waals surface area contributed by atoms with E-state index in [1.807, 2.05) is 6.92 Å². The number of hydrogen-bond donors (Lipinski definition) is 3. The summed E-state index contributed by atoms with van der Waals surface area (Å²) in [4.78, 5) is 29.4. The van der Waals surface area contributed by atoms with Crippen LogP contribution in [0.15, 0.2) is 102 Å². The lowest BCUT2D eigenvalue weighted by atomic mass is 9.73. The molecule has 0 radical (unpaired) electrons. The van der Waals surface area contributed by atoms with Crippen LogP contribution in [-0.2, 0) is 25.0 Å². The molecule has 1 heterocycles. The van der Waals surface area contributed by atoms with E-state index in [4.69, 9.17) is 0 Å². The second-order valence-corrected chi connectivity index (χ2v) is 10.8. The van der Waals surface area contributed by atoms with Crippen molar-refractivity contribution in [3.8, 4) is 5.75 Å². The van der Waals surface area contributed by atoms with Crippen LogP contribution in [0.5, 0.6) is 5.75 Å². The number of phenols is 1. The molecule has 0 aromatic heterocycles. The van der Waals surface area contributed by atoms with E-state index in [0.29, 0.717) is 16.9 Å². The van der Waals surface area contributed by atoms with Gasteiger partial charge in [-0.1, -0.05) is 54.1 Å². The number of para-hydroxylation sites is 2. The van der Waals surface area contributed by atoms with Gasteiger partial charge in [-0.15, -0.1) is 0 Å². The normalized spacial score (nSPS) is 16.7. The number of carbonyl (C=O) groups excluding carboxylic acids is 2. The Morgan fingerprint density at radius 2 is 1.50 bits per heavy atom. The molecule has 4 aromatic carbocycles. The fraction of sp³-hybridized carbons (Fsp3) is 0.103. The topological polar surface area (TPSA) is 116 Å². The third-order valence-corrected chi connectivity index (χ3v) is 8.05. The van der Waals surface area contributed by atoms with Crippen LogP contribution in [0.3, 0.4) is 0 Å². The van der Waals surface area contributed by atoms with Gasteiger partial charge in [0.05, 0.1) is 4.90 Å².